The molecule has 0 aromatic carbocycles. The Bertz CT molecular complexity index is 449. The molecule has 2 heterocycles. The first kappa shape index (κ1) is 13.0. The van der Waals surface area contributed by atoms with Crippen LogP contribution in [0.25, 0.3) is 0 Å². The highest BCUT2D eigenvalue weighted by atomic mass is 35.5. The number of hydrogen-bond donors (Lipinski definition) is 1. The van der Waals surface area contributed by atoms with Crippen LogP contribution in [0.3, 0.4) is 0 Å². The molecular weight excluding hydrogens is 259 g/mol. The van der Waals surface area contributed by atoms with Crippen molar-refractivity contribution in [1.29, 1.82) is 0 Å². The number of aromatic nitrogens is 2. The molecule has 0 spiro atoms. The van der Waals surface area contributed by atoms with Crippen LogP contribution >= 0.6 is 11.6 Å². The highest BCUT2D eigenvalue weighted by Crippen LogP contribution is 2.21. The molecule has 1 aromatic heterocycles. The average molecular weight is 273 g/mol. The number of nitrogens with one attached hydrogen (secondary N) is 1. The third kappa shape index (κ3) is 3.07. The molecule has 0 bridgehead atoms. The number of piperidine rings is 1. The molecular formula is C11H14ClFN4O. The zero-order valence-corrected chi connectivity index (χ0v) is 10.7. The third-order valence-electron chi connectivity index (χ3n) is 2.90. The minimum absolute atomic E-state index is 0.0373. The summed E-state index contributed by atoms with van der Waals surface area (Å²) in [6.45, 7) is 2.76. The van der Waals surface area contributed by atoms with Crippen molar-refractivity contribution in [1.82, 2.24) is 15.3 Å². The quantitative estimate of drug-likeness (QED) is 0.827. The van der Waals surface area contributed by atoms with E-state index < -0.39 is 5.82 Å². The molecule has 2 rings (SSSR count). The van der Waals surface area contributed by atoms with Crippen LogP contribution < -0.4 is 10.2 Å². The zero-order chi connectivity index (χ0) is 13.1. The third-order valence-corrected chi connectivity index (χ3v) is 3.08. The van der Waals surface area contributed by atoms with Gasteiger partial charge in [0.1, 0.15) is 0 Å². The minimum atomic E-state index is -0.475. The molecule has 18 heavy (non-hydrogen) atoms. The van der Waals surface area contributed by atoms with Gasteiger partial charge in [0.2, 0.25) is 11.2 Å². The maximum atomic E-state index is 13.6. The molecule has 1 N–H and O–H groups in total. The van der Waals surface area contributed by atoms with Crippen LogP contribution in [-0.4, -0.2) is 35.0 Å². The number of nitrogens with zero attached hydrogens (tertiary/aromatic N) is 3. The minimum Gasteiger partial charge on any atom is -0.354 e. The first-order valence-corrected chi connectivity index (χ1v) is 6.14. The summed E-state index contributed by atoms with van der Waals surface area (Å²) >= 11 is 5.66. The van der Waals surface area contributed by atoms with Crippen molar-refractivity contribution in [2.45, 2.75) is 25.8 Å². The lowest BCUT2D eigenvalue weighted by atomic mass is 10.1. The summed E-state index contributed by atoms with van der Waals surface area (Å²) < 4.78 is 13.6. The van der Waals surface area contributed by atoms with Crippen LogP contribution in [0.15, 0.2) is 6.20 Å². The fraction of sp³-hybridized carbons (Fsp3) is 0.545. The van der Waals surface area contributed by atoms with Gasteiger partial charge in [0.05, 0.1) is 6.20 Å². The van der Waals surface area contributed by atoms with Crippen molar-refractivity contribution in [2.75, 3.05) is 18.0 Å². The number of halogens is 2. The maximum absolute atomic E-state index is 13.6. The van der Waals surface area contributed by atoms with E-state index in [1.807, 2.05) is 4.90 Å². The average Bonchev–Trinajstić information content (AvgIpc) is 2.33. The van der Waals surface area contributed by atoms with Crippen molar-refractivity contribution < 1.29 is 9.18 Å². The van der Waals surface area contributed by atoms with Crippen LogP contribution in [-0.2, 0) is 4.79 Å². The van der Waals surface area contributed by atoms with Crippen LogP contribution in [0.4, 0.5) is 10.2 Å². The van der Waals surface area contributed by atoms with Crippen LogP contribution in [0, 0.1) is 5.82 Å². The monoisotopic (exact) mass is 272 g/mol. The molecule has 1 aromatic rings. The molecule has 0 saturated carbocycles. The van der Waals surface area contributed by atoms with Crippen molar-refractivity contribution in [3.05, 3.63) is 17.3 Å². The van der Waals surface area contributed by atoms with Gasteiger partial charge < -0.3 is 10.2 Å². The number of rotatable bonds is 2. The summed E-state index contributed by atoms with van der Waals surface area (Å²) in [6.07, 6.45) is 2.60. The van der Waals surface area contributed by atoms with Crippen molar-refractivity contribution in [2.24, 2.45) is 0 Å². The van der Waals surface area contributed by atoms with Gasteiger partial charge in [-0.15, -0.1) is 0 Å². The highest BCUT2D eigenvalue weighted by molar-refractivity contribution is 6.28. The molecule has 1 aliphatic heterocycles. The Morgan fingerprint density at radius 3 is 2.83 bits per heavy atom. The highest BCUT2D eigenvalue weighted by Gasteiger charge is 2.23. The molecule has 1 amide bonds. The van der Waals surface area contributed by atoms with E-state index in [9.17, 15) is 9.18 Å². The van der Waals surface area contributed by atoms with Crippen LogP contribution in [0.2, 0.25) is 5.28 Å². The molecule has 1 fully saturated rings. The Balaban J connectivity index is 2.01. The van der Waals surface area contributed by atoms with Crippen LogP contribution in [0.5, 0.6) is 0 Å². The van der Waals surface area contributed by atoms with Crippen LogP contribution in [0.1, 0.15) is 19.8 Å². The molecule has 0 aliphatic carbocycles. The molecule has 0 radical (unpaired) electrons. The zero-order valence-electron chi connectivity index (χ0n) is 9.99. The summed E-state index contributed by atoms with van der Waals surface area (Å²) in [7, 11) is 0. The predicted octanol–water partition coefficient (Wildman–Crippen LogP) is 1.37. The molecule has 7 heteroatoms. The van der Waals surface area contributed by atoms with E-state index in [4.69, 9.17) is 11.6 Å². The summed E-state index contributed by atoms with van der Waals surface area (Å²) in [5.41, 5.74) is 0. The molecule has 1 saturated heterocycles. The number of anilines is 1. The first-order valence-electron chi connectivity index (χ1n) is 5.76. The van der Waals surface area contributed by atoms with Gasteiger partial charge >= 0.3 is 0 Å². The standard InChI is InChI=1S/C11H14ClFN4O/c1-7(18)15-8-2-4-17(5-3-8)10-9(13)6-14-11(12)16-10/h6,8H,2-5H2,1H3,(H,15,18). The second-order valence-corrected chi connectivity index (χ2v) is 4.61. The van der Waals surface area contributed by atoms with Gasteiger partial charge in [-0.1, -0.05) is 0 Å². The number of carbonyl (C=O) groups is 1. The Hall–Kier alpha value is -1.43. The van der Waals surface area contributed by atoms with Gasteiger partial charge in [0, 0.05) is 26.1 Å². The SMILES string of the molecule is CC(=O)NC1CCN(c2nc(Cl)ncc2F)CC1. The van der Waals surface area contributed by atoms with Gasteiger partial charge in [0.25, 0.3) is 0 Å². The van der Waals surface area contributed by atoms with Gasteiger partial charge in [-0.25, -0.2) is 9.37 Å². The Labute approximate surface area is 109 Å². The lowest BCUT2D eigenvalue weighted by molar-refractivity contribution is -0.119. The van der Waals surface area contributed by atoms with E-state index >= 15 is 0 Å². The fourth-order valence-electron chi connectivity index (χ4n) is 2.08. The van der Waals surface area contributed by atoms with E-state index in [1.54, 1.807) is 0 Å². The molecule has 0 unspecified atom stereocenters. The van der Waals surface area contributed by atoms with E-state index in [0.29, 0.717) is 13.1 Å². The Kier molecular flexibility index (Phi) is 3.96. The van der Waals surface area contributed by atoms with E-state index in [-0.39, 0.29) is 23.1 Å². The molecule has 5 nitrogen and oxygen atoms in total. The molecule has 98 valence electrons. The summed E-state index contributed by atoms with van der Waals surface area (Å²) in [6, 6.07) is 0.152. The predicted molar refractivity (Wildman–Crippen MR) is 66.1 cm³/mol. The largest absolute Gasteiger partial charge is 0.354 e. The van der Waals surface area contributed by atoms with Gasteiger partial charge in [-0.2, -0.15) is 4.98 Å². The lowest BCUT2D eigenvalue weighted by Gasteiger charge is -2.33. The maximum Gasteiger partial charge on any atom is 0.224 e. The number of hydrogen-bond acceptors (Lipinski definition) is 4. The van der Waals surface area contributed by atoms with E-state index in [0.717, 1.165) is 19.0 Å². The van der Waals surface area contributed by atoms with E-state index in [1.165, 1.54) is 6.92 Å². The van der Waals surface area contributed by atoms with Crippen molar-refractivity contribution in [3.8, 4) is 0 Å². The van der Waals surface area contributed by atoms with E-state index in [2.05, 4.69) is 15.3 Å². The molecule has 0 atom stereocenters. The summed E-state index contributed by atoms with van der Waals surface area (Å²) in [4.78, 5) is 20.2. The van der Waals surface area contributed by atoms with Crippen molar-refractivity contribution >= 4 is 23.3 Å². The molecule has 1 aliphatic rings. The lowest BCUT2D eigenvalue weighted by Crippen LogP contribution is -2.44. The topological polar surface area (TPSA) is 58.1 Å². The fourth-order valence-corrected chi connectivity index (χ4v) is 2.21. The second-order valence-electron chi connectivity index (χ2n) is 4.27. The van der Waals surface area contributed by atoms with Gasteiger partial charge in [-0.05, 0) is 24.4 Å². The first-order chi connectivity index (χ1) is 8.56. The second kappa shape index (κ2) is 5.48. The smallest absolute Gasteiger partial charge is 0.224 e. The normalized spacial score (nSPS) is 16.7. The Morgan fingerprint density at radius 1 is 1.56 bits per heavy atom. The summed E-state index contributed by atoms with van der Waals surface area (Å²) in [5, 5.41) is 2.90. The van der Waals surface area contributed by atoms with Gasteiger partial charge in [-0.3, -0.25) is 4.79 Å². The number of amides is 1. The Morgan fingerprint density at radius 2 is 2.22 bits per heavy atom. The number of carbonyl (C=O) groups excluding carboxylic acids is 1. The van der Waals surface area contributed by atoms with Gasteiger partial charge in [0.15, 0.2) is 11.6 Å². The summed E-state index contributed by atoms with van der Waals surface area (Å²) in [5.74, 6) is -0.279. The van der Waals surface area contributed by atoms with Crippen molar-refractivity contribution in [3.63, 3.8) is 0 Å².